The quantitative estimate of drug-likeness (QED) is 0.588. The van der Waals surface area contributed by atoms with Crippen LogP contribution >= 0.6 is 23.1 Å². The summed E-state index contributed by atoms with van der Waals surface area (Å²) in [5.74, 6) is 1.15. The molecular weight excluding hydrogens is 386 g/mol. The maximum atomic E-state index is 12.0. The Kier molecular flexibility index (Phi) is 5.26. The maximum absolute atomic E-state index is 12.0. The molecule has 0 radical (unpaired) electrons. The smallest absolute Gasteiger partial charge is 0.321 e. The molecule has 1 fully saturated rings. The number of imide groups is 1. The van der Waals surface area contributed by atoms with Crippen molar-refractivity contribution < 1.29 is 14.0 Å². The number of thioether (sulfide) groups is 1. The molecule has 0 aliphatic heterocycles. The molecule has 0 saturated heterocycles. The highest BCUT2D eigenvalue weighted by Crippen LogP contribution is 2.41. The average molecular weight is 403 g/mol. The van der Waals surface area contributed by atoms with Crippen LogP contribution in [-0.2, 0) is 11.3 Å². The summed E-state index contributed by atoms with van der Waals surface area (Å²) in [6.45, 7) is 0.222. The highest BCUT2D eigenvalue weighted by molar-refractivity contribution is 7.99. The Morgan fingerprint density at radius 2 is 2.19 bits per heavy atom. The predicted octanol–water partition coefficient (Wildman–Crippen LogP) is 3.05. The Morgan fingerprint density at radius 1 is 1.30 bits per heavy atom. The SMILES string of the molecule is O=C(CSc1nnc(-c2cccs2)n1C1CC1)NC(=O)NCc1ccco1. The van der Waals surface area contributed by atoms with Gasteiger partial charge in [0.15, 0.2) is 11.0 Å². The fourth-order valence-corrected chi connectivity index (χ4v) is 4.04. The summed E-state index contributed by atoms with van der Waals surface area (Å²) < 4.78 is 7.22. The van der Waals surface area contributed by atoms with E-state index in [1.54, 1.807) is 23.5 Å². The molecule has 4 rings (SSSR count). The van der Waals surface area contributed by atoms with Crippen molar-refractivity contribution in [1.82, 2.24) is 25.4 Å². The molecule has 10 heteroatoms. The zero-order valence-corrected chi connectivity index (χ0v) is 15.9. The van der Waals surface area contributed by atoms with Crippen molar-refractivity contribution in [2.75, 3.05) is 5.75 Å². The van der Waals surface area contributed by atoms with E-state index in [1.807, 2.05) is 17.5 Å². The monoisotopic (exact) mass is 403 g/mol. The lowest BCUT2D eigenvalue weighted by Crippen LogP contribution is -2.39. The van der Waals surface area contributed by atoms with Crippen molar-refractivity contribution >= 4 is 35.0 Å². The van der Waals surface area contributed by atoms with E-state index < -0.39 is 6.03 Å². The van der Waals surface area contributed by atoms with Gasteiger partial charge in [-0.2, -0.15) is 0 Å². The van der Waals surface area contributed by atoms with Crippen molar-refractivity contribution in [2.45, 2.75) is 30.6 Å². The second kappa shape index (κ2) is 7.97. The van der Waals surface area contributed by atoms with Gasteiger partial charge in [0.1, 0.15) is 5.76 Å². The van der Waals surface area contributed by atoms with Gasteiger partial charge in [-0.25, -0.2) is 4.79 Å². The van der Waals surface area contributed by atoms with Gasteiger partial charge < -0.3 is 9.73 Å². The van der Waals surface area contributed by atoms with Gasteiger partial charge in [0, 0.05) is 6.04 Å². The molecule has 3 amide bonds. The van der Waals surface area contributed by atoms with Gasteiger partial charge in [-0.1, -0.05) is 17.8 Å². The number of hydrogen-bond acceptors (Lipinski definition) is 7. The number of urea groups is 1. The molecule has 140 valence electrons. The third-order valence-corrected chi connectivity index (χ3v) is 5.72. The first-order valence-electron chi connectivity index (χ1n) is 8.42. The van der Waals surface area contributed by atoms with Crippen molar-refractivity contribution in [2.24, 2.45) is 0 Å². The molecule has 3 aromatic heterocycles. The van der Waals surface area contributed by atoms with E-state index >= 15 is 0 Å². The highest BCUT2D eigenvalue weighted by Gasteiger charge is 2.30. The summed E-state index contributed by atoms with van der Waals surface area (Å²) in [5, 5.41) is 16.1. The summed E-state index contributed by atoms with van der Waals surface area (Å²) in [5.41, 5.74) is 0. The fraction of sp³-hybridized carbons (Fsp3) is 0.294. The summed E-state index contributed by atoms with van der Waals surface area (Å²) in [6, 6.07) is 7.30. The molecule has 0 atom stereocenters. The van der Waals surface area contributed by atoms with Gasteiger partial charge in [0.05, 0.1) is 23.4 Å². The van der Waals surface area contributed by atoms with E-state index in [9.17, 15) is 9.59 Å². The third-order valence-electron chi connectivity index (χ3n) is 3.91. The topological polar surface area (TPSA) is 102 Å². The van der Waals surface area contributed by atoms with Gasteiger partial charge in [-0.15, -0.1) is 21.5 Å². The zero-order valence-electron chi connectivity index (χ0n) is 14.3. The minimum atomic E-state index is -0.556. The number of nitrogens with one attached hydrogen (secondary N) is 2. The number of carbonyl (C=O) groups excluding carboxylic acids is 2. The first-order chi connectivity index (χ1) is 13.2. The lowest BCUT2D eigenvalue weighted by Gasteiger charge is -2.08. The lowest BCUT2D eigenvalue weighted by atomic mass is 10.4. The van der Waals surface area contributed by atoms with Gasteiger partial charge in [0.25, 0.3) is 0 Å². The van der Waals surface area contributed by atoms with E-state index in [2.05, 4.69) is 25.4 Å². The van der Waals surface area contributed by atoms with Crippen LogP contribution in [0.5, 0.6) is 0 Å². The van der Waals surface area contributed by atoms with Crippen molar-refractivity contribution in [3.05, 3.63) is 41.7 Å². The number of nitrogens with zero attached hydrogens (tertiary/aromatic N) is 3. The van der Waals surface area contributed by atoms with Gasteiger partial charge in [-0.05, 0) is 36.4 Å². The number of amides is 3. The summed E-state index contributed by atoms with van der Waals surface area (Å²) >= 11 is 2.90. The number of thiophene rings is 1. The molecule has 1 saturated carbocycles. The number of furan rings is 1. The largest absolute Gasteiger partial charge is 0.467 e. The Labute approximate surface area is 163 Å². The van der Waals surface area contributed by atoms with Gasteiger partial charge in [-0.3, -0.25) is 14.7 Å². The summed E-state index contributed by atoms with van der Waals surface area (Å²) in [7, 11) is 0. The van der Waals surface area contributed by atoms with Crippen LogP contribution in [0, 0.1) is 0 Å². The van der Waals surface area contributed by atoms with Crippen molar-refractivity contribution in [3.8, 4) is 10.7 Å². The fourth-order valence-electron chi connectivity index (χ4n) is 2.53. The number of rotatable bonds is 7. The molecule has 1 aliphatic rings. The van der Waals surface area contributed by atoms with Crippen LogP contribution in [-0.4, -0.2) is 32.5 Å². The van der Waals surface area contributed by atoms with Crippen molar-refractivity contribution in [3.63, 3.8) is 0 Å². The molecule has 0 unspecified atom stereocenters. The van der Waals surface area contributed by atoms with Crippen LogP contribution < -0.4 is 10.6 Å². The Morgan fingerprint density at radius 3 is 2.89 bits per heavy atom. The van der Waals surface area contributed by atoms with E-state index in [0.29, 0.717) is 17.0 Å². The van der Waals surface area contributed by atoms with Crippen LogP contribution in [0.3, 0.4) is 0 Å². The van der Waals surface area contributed by atoms with Crippen LogP contribution in [0.4, 0.5) is 4.79 Å². The van der Waals surface area contributed by atoms with Crippen LogP contribution in [0.15, 0.2) is 45.5 Å². The van der Waals surface area contributed by atoms with E-state index in [-0.39, 0.29) is 18.2 Å². The molecule has 3 aromatic rings. The number of aromatic nitrogens is 3. The standard InChI is InChI=1S/C17H17N5O3S2/c23-14(19-16(24)18-9-12-3-1-7-25-12)10-27-17-21-20-15(13-4-2-8-26-13)22(17)11-5-6-11/h1-4,7-8,11H,5-6,9-10H2,(H2,18,19,23,24). The number of carbonyl (C=O) groups is 2. The molecule has 27 heavy (non-hydrogen) atoms. The van der Waals surface area contributed by atoms with E-state index in [1.165, 1.54) is 18.0 Å². The molecule has 1 aliphatic carbocycles. The molecule has 2 N–H and O–H groups in total. The average Bonchev–Trinajstić information content (AvgIpc) is 3.11. The Hall–Kier alpha value is -2.59. The first kappa shape index (κ1) is 17.8. The van der Waals surface area contributed by atoms with E-state index in [4.69, 9.17) is 4.42 Å². The number of hydrogen-bond donors (Lipinski definition) is 2. The molecule has 3 heterocycles. The van der Waals surface area contributed by atoms with Crippen LogP contribution in [0.25, 0.3) is 10.7 Å². The van der Waals surface area contributed by atoms with Crippen LogP contribution in [0.2, 0.25) is 0 Å². The highest BCUT2D eigenvalue weighted by atomic mass is 32.2. The van der Waals surface area contributed by atoms with Crippen molar-refractivity contribution in [1.29, 1.82) is 0 Å². The second-order valence-electron chi connectivity index (χ2n) is 5.98. The maximum Gasteiger partial charge on any atom is 0.321 e. The zero-order chi connectivity index (χ0) is 18.6. The molecule has 0 aromatic carbocycles. The Balaban J connectivity index is 1.32. The minimum Gasteiger partial charge on any atom is -0.467 e. The molecule has 0 bridgehead atoms. The lowest BCUT2D eigenvalue weighted by molar-refractivity contribution is -0.117. The molecular formula is C17H17N5O3S2. The Bertz CT molecular complexity index is 917. The normalized spacial score (nSPS) is 13.5. The first-order valence-corrected chi connectivity index (χ1v) is 10.3. The predicted molar refractivity (Wildman–Crippen MR) is 101 cm³/mol. The molecule has 8 nitrogen and oxygen atoms in total. The van der Waals surface area contributed by atoms with Gasteiger partial charge in [0.2, 0.25) is 5.91 Å². The minimum absolute atomic E-state index is 0.0868. The second-order valence-corrected chi connectivity index (χ2v) is 7.87. The third kappa shape index (κ3) is 4.40. The van der Waals surface area contributed by atoms with Crippen LogP contribution in [0.1, 0.15) is 24.6 Å². The summed E-state index contributed by atoms with van der Waals surface area (Å²) in [6.07, 6.45) is 3.70. The van der Waals surface area contributed by atoms with E-state index in [0.717, 1.165) is 23.5 Å². The summed E-state index contributed by atoms with van der Waals surface area (Å²) in [4.78, 5) is 24.9. The van der Waals surface area contributed by atoms with Gasteiger partial charge >= 0.3 is 6.03 Å². The molecule has 0 spiro atoms.